The van der Waals surface area contributed by atoms with Crippen molar-refractivity contribution in [2.45, 2.75) is 75.9 Å². The van der Waals surface area contributed by atoms with Gasteiger partial charge in [-0.15, -0.1) is 0 Å². The number of ether oxygens (including phenoxy) is 2. The van der Waals surface area contributed by atoms with Gasteiger partial charge in [-0.1, -0.05) is 0 Å². The van der Waals surface area contributed by atoms with Crippen LogP contribution in [-0.2, 0) is 43.6 Å². The van der Waals surface area contributed by atoms with Crippen molar-refractivity contribution in [3.05, 3.63) is 0 Å². The quantitative estimate of drug-likeness (QED) is 0.363. The Balaban J connectivity index is 1.28. The predicted octanol–water partition coefficient (Wildman–Crippen LogP) is 1.35. The van der Waals surface area contributed by atoms with Gasteiger partial charge in [-0.3, -0.25) is 33.4 Å². The monoisotopic (exact) mass is 573 g/mol. The number of fused-ring (bicyclic) bond motifs is 1. The van der Waals surface area contributed by atoms with Crippen LogP contribution in [0.1, 0.15) is 52.4 Å². The second-order valence-electron chi connectivity index (χ2n) is 12.3. The van der Waals surface area contributed by atoms with Gasteiger partial charge < -0.3 is 9.47 Å². The van der Waals surface area contributed by atoms with Crippen LogP contribution < -0.4 is 0 Å². The van der Waals surface area contributed by atoms with Gasteiger partial charge in [0.1, 0.15) is 11.9 Å². The molecule has 0 aromatic carbocycles. The highest BCUT2D eigenvalue weighted by Gasteiger charge is 2.72. The van der Waals surface area contributed by atoms with E-state index in [-0.39, 0.29) is 30.0 Å². The van der Waals surface area contributed by atoms with Crippen molar-refractivity contribution in [1.29, 1.82) is 0 Å². The number of Topliss-reactive ketones (excluding diaryl/α,β-unsaturated/α-hetero) is 1. The maximum atomic E-state index is 14.1. The number of alkyl halides is 2. The summed E-state index contributed by atoms with van der Waals surface area (Å²) in [5, 5.41) is -4.80. The third-order valence-electron chi connectivity index (χ3n) is 10.3. The summed E-state index contributed by atoms with van der Waals surface area (Å²) in [7, 11) is -5.90. The second kappa shape index (κ2) is 8.27. The van der Waals surface area contributed by atoms with Crippen molar-refractivity contribution < 1.29 is 55.2 Å². The summed E-state index contributed by atoms with van der Waals surface area (Å²) in [5.41, 5.74) is -0.864. The van der Waals surface area contributed by atoms with Gasteiger partial charge in [-0.25, -0.2) is 0 Å². The van der Waals surface area contributed by atoms with Crippen LogP contribution in [0.3, 0.4) is 0 Å². The van der Waals surface area contributed by atoms with Gasteiger partial charge in [-0.05, 0) is 57.3 Å². The molecule has 9 atom stereocenters. The molecule has 0 radical (unpaired) electrons. The molecule has 7 rings (SSSR count). The SMILES string of the molecule is CC(=O)N1C(=O)C2C3CC(C(OC(=O)C45CC6CC(C4)C(=O)C(C6)C5)C31)C2C(=O)OC(C)C(F)(F)S(=O)(=O)O. The Bertz CT molecular complexity index is 1280. The molecule has 6 aliphatic carbocycles. The summed E-state index contributed by atoms with van der Waals surface area (Å²) < 4.78 is 70.1. The van der Waals surface area contributed by atoms with Crippen LogP contribution in [0, 0.1) is 46.8 Å². The van der Waals surface area contributed by atoms with E-state index in [1.54, 1.807) is 0 Å². The molecular formula is C25H29F2NO10S. The Hall–Kier alpha value is -2.48. The lowest BCUT2D eigenvalue weighted by molar-refractivity contribution is -0.187. The van der Waals surface area contributed by atoms with E-state index in [1.165, 1.54) is 6.92 Å². The zero-order chi connectivity index (χ0) is 28.4. The number of esters is 2. The molecule has 39 heavy (non-hydrogen) atoms. The molecule has 6 bridgehead atoms. The Labute approximate surface area is 222 Å². The van der Waals surface area contributed by atoms with Crippen molar-refractivity contribution in [3.63, 3.8) is 0 Å². The first-order valence-electron chi connectivity index (χ1n) is 13.2. The number of ketones is 1. The molecule has 1 aliphatic heterocycles. The molecule has 1 saturated heterocycles. The van der Waals surface area contributed by atoms with Crippen LogP contribution >= 0.6 is 0 Å². The fourth-order valence-electron chi connectivity index (χ4n) is 8.93. The first kappa shape index (κ1) is 26.7. The second-order valence-corrected chi connectivity index (χ2v) is 13.8. The first-order chi connectivity index (χ1) is 18.1. The molecule has 1 N–H and O–H groups in total. The highest BCUT2D eigenvalue weighted by Crippen LogP contribution is 2.62. The Morgan fingerprint density at radius 2 is 1.69 bits per heavy atom. The zero-order valence-corrected chi connectivity index (χ0v) is 22.1. The summed E-state index contributed by atoms with van der Waals surface area (Å²) in [6, 6.07) is -0.815. The number of nitrogens with zero attached hydrogens (tertiary/aromatic N) is 1. The smallest absolute Gasteiger partial charge is 0.405 e. The highest BCUT2D eigenvalue weighted by atomic mass is 32.2. The molecule has 2 amide bonds. The van der Waals surface area contributed by atoms with Crippen molar-refractivity contribution >= 4 is 39.7 Å². The van der Waals surface area contributed by atoms with Crippen molar-refractivity contribution in [2.24, 2.45) is 46.8 Å². The van der Waals surface area contributed by atoms with Crippen LogP contribution in [-0.4, -0.2) is 70.9 Å². The fourth-order valence-corrected chi connectivity index (χ4v) is 9.40. The maximum absolute atomic E-state index is 14.1. The molecule has 7 aliphatic rings. The molecule has 0 aromatic rings. The number of carbonyl (C=O) groups excluding carboxylic acids is 5. The number of hydrogen-bond acceptors (Lipinski definition) is 9. The summed E-state index contributed by atoms with van der Waals surface area (Å²) in [4.78, 5) is 66.2. The highest BCUT2D eigenvalue weighted by molar-refractivity contribution is 7.86. The minimum atomic E-state index is -5.90. The predicted molar refractivity (Wildman–Crippen MR) is 123 cm³/mol. The van der Waals surface area contributed by atoms with E-state index < -0.39 is 86.5 Å². The van der Waals surface area contributed by atoms with Gasteiger partial charge in [0.05, 0.1) is 23.3 Å². The normalized spacial score (nSPS) is 42.7. The average molecular weight is 574 g/mol. The molecule has 0 aromatic heterocycles. The lowest BCUT2D eigenvalue weighted by Crippen LogP contribution is -2.56. The van der Waals surface area contributed by atoms with Crippen LogP contribution in [0.15, 0.2) is 0 Å². The standard InChI is InChI=1S/C25H29F2NO10S/c1-9(25(26,27)39(34,35)36)37-22(32)17-15-5-14-16(17)21(31)28(10(2)29)18(14)20(15)38-23(33)24-6-11-3-12(7-24)19(30)13(4-11)8-24/h9,11-18,20H,3-8H2,1-2H3,(H,34,35,36). The van der Waals surface area contributed by atoms with Crippen LogP contribution in [0.2, 0.25) is 0 Å². The summed E-state index contributed by atoms with van der Waals surface area (Å²) >= 11 is 0. The Kier molecular flexibility index (Phi) is 5.67. The van der Waals surface area contributed by atoms with Gasteiger partial charge in [0.2, 0.25) is 11.8 Å². The number of imide groups is 1. The fraction of sp³-hybridized carbons (Fsp3) is 0.800. The molecule has 6 saturated carbocycles. The molecule has 7 fully saturated rings. The summed E-state index contributed by atoms with van der Waals surface area (Å²) in [6.07, 6.45) is -0.641. The van der Waals surface area contributed by atoms with Gasteiger partial charge in [0.15, 0.2) is 6.10 Å². The van der Waals surface area contributed by atoms with Crippen LogP contribution in [0.4, 0.5) is 8.78 Å². The molecule has 9 unspecified atom stereocenters. The van der Waals surface area contributed by atoms with E-state index in [9.17, 15) is 41.2 Å². The van der Waals surface area contributed by atoms with E-state index >= 15 is 0 Å². The number of halogens is 2. The number of rotatable bonds is 6. The van der Waals surface area contributed by atoms with Gasteiger partial charge >= 0.3 is 27.3 Å². The first-order valence-corrected chi connectivity index (χ1v) is 14.6. The van der Waals surface area contributed by atoms with Crippen LogP contribution in [0.25, 0.3) is 0 Å². The van der Waals surface area contributed by atoms with E-state index in [2.05, 4.69) is 0 Å². The lowest BCUT2D eigenvalue weighted by atomic mass is 9.49. The topological polar surface area (TPSA) is 161 Å². The molecule has 0 spiro atoms. The third-order valence-corrected chi connectivity index (χ3v) is 11.3. The third kappa shape index (κ3) is 3.58. The molecule has 14 heteroatoms. The summed E-state index contributed by atoms with van der Waals surface area (Å²) in [6.45, 7) is 1.77. The average Bonchev–Trinajstić information content (AvgIpc) is 3.44. The van der Waals surface area contributed by atoms with Crippen molar-refractivity contribution in [1.82, 2.24) is 4.90 Å². The molecule has 11 nitrogen and oxygen atoms in total. The number of likely N-dealkylation sites (tertiary alicyclic amines) is 1. The Morgan fingerprint density at radius 3 is 2.26 bits per heavy atom. The zero-order valence-electron chi connectivity index (χ0n) is 21.2. The molecular weight excluding hydrogens is 544 g/mol. The van der Waals surface area contributed by atoms with E-state index in [0.29, 0.717) is 26.2 Å². The minimum Gasteiger partial charge on any atom is -0.459 e. The molecule has 1 heterocycles. The van der Waals surface area contributed by atoms with Crippen molar-refractivity contribution in [2.75, 3.05) is 0 Å². The van der Waals surface area contributed by atoms with Gasteiger partial charge in [-0.2, -0.15) is 17.2 Å². The van der Waals surface area contributed by atoms with E-state index in [1.807, 2.05) is 0 Å². The van der Waals surface area contributed by atoms with Gasteiger partial charge in [0, 0.05) is 24.7 Å². The maximum Gasteiger partial charge on any atom is 0.405 e. The molecule has 214 valence electrons. The van der Waals surface area contributed by atoms with E-state index in [4.69, 9.17) is 14.0 Å². The largest absolute Gasteiger partial charge is 0.459 e. The van der Waals surface area contributed by atoms with Gasteiger partial charge in [0.25, 0.3) is 0 Å². The Morgan fingerprint density at radius 1 is 1.08 bits per heavy atom. The van der Waals surface area contributed by atoms with E-state index in [0.717, 1.165) is 17.7 Å². The van der Waals surface area contributed by atoms with Crippen molar-refractivity contribution in [3.8, 4) is 0 Å². The van der Waals surface area contributed by atoms with Crippen LogP contribution in [0.5, 0.6) is 0 Å². The number of amides is 2. The number of carbonyl (C=O) groups is 5. The lowest BCUT2D eigenvalue weighted by Gasteiger charge is -2.54. The minimum absolute atomic E-state index is 0.180. The number of hydrogen-bond donors (Lipinski definition) is 1. The summed E-state index contributed by atoms with van der Waals surface area (Å²) in [5.74, 6) is -6.95.